The number of ether oxygens (including phenoxy) is 1. The van der Waals surface area contributed by atoms with Crippen LogP contribution >= 0.6 is 0 Å². The van der Waals surface area contributed by atoms with Crippen LogP contribution in [-0.2, 0) is 16.8 Å². The predicted octanol–water partition coefficient (Wildman–Crippen LogP) is 3.75. The van der Waals surface area contributed by atoms with Gasteiger partial charge in [0.05, 0.1) is 28.8 Å². The summed E-state index contributed by atoms with van der Waals surface area (Å²) < 4.78 is 7.19. The van der Waals surface area contributed by atoms with Crippen molar-refractivity contribution in [3.8, 4) is 11.9 Å². The molecule has 2 fully saturated rings. The second kappa shape index (κ2) is 8.33. The van der Waals surface area contributed by atoms with E-state index in [1.54, 1.807) is 7.11 Å². The first-order chi connectivity index (χ1) is 16.3. The number of aliphatic hydroxyl groups is 1. The van der Waals surface area contributed by atoms with Crippen LogP contribution in [0.15, 0.2) is 30.5 Å². The first-order valence-corrected chi connectivity index (χ1v) is 12.0. The Balaban J connectivity index is 1.58. The molecule has 0 amide bonds. The first-order valence-electron chi connectivity index (χ1n) is 12.0. The van der Waals surface area contributed by atoms with Crippen molar-refractivity contribution in [2.24, 2.45) is 11.8 Å². The van der Waals surface area contributed by atoms with Gasteiger partial charge in [-0.15, -0.1) is 0 Å². The third kappa shape index (κ3) is 3.64. The van der Waals surface area contributed by atoms with E-state index >= 15 is 0 Å². The van der Waals surface area contributed by atoms with Crippen molar-refractivity contribution in [3.63, 3.8) is 0 Å². The van der Waals surface area contributed by atoms with Crippen molar-refractivity contribution < 1.29 is 9.84 Å². The third-order valence-corrected chi connectivity index (χ3v) is 8.09. The summed E-state index contributed by atoms with van der Waals surface area (Å²) in [4.78, 5) is 11.7. The van der Waals surface area contributed by atoms with Gasteiger partial charge in [0.25, 0.3) is 0 Å². The number of piperidine rings is 1. The zero-order valence-corrected chi connectivity index (χ0v) is 20.3. The highest BCUT2D eigenvalue weighted by Gasteiger charge is 2.41. The van der Waals surface area contributed by atoms with Gasteiger partial charge in [-0.2, -0.15) is 10.4 Å². The van der Waals surface area contributed by atoms with E-state index in [1.807, 2.05) is 29.9 Å². The van der Waals surface area contributed by atoms with Gasteiger partial charge in [-0.1, -0.05) is 26.0 Å². The SMILES string of the molecule is COCc1nc(N2C[C@@H](C)[C@@](C)(O)[C@@H](C)C2)cc(-n2ncc3ccc(C4(C#N)CCC4)cc32)n1. The van der Waals surface area contributed by atoms with Gasteiger partial charge in [0.1, 0.15) is 12.4 Å². The molecule has 3 heterocycles. The fourth-order valence-corrected chi connectivity index (χ4v) is 5.21. The molecule has 1 saturated carbocycles. The molecule has 34 heavy (non-hydrogen) atoms. The van der Waals surface area contributed by atoms with Gasteiger partial charge in [-0.05, 0) is 37.8 Å². The Labute approximate surface area is 200 Å². The fourth-order valence-electron chi connectivity index (χ4n) is 5.21. The van der Waals surface area contributed by atoms with Crippen LogP contribution < -0.4 is 4.90 Å². The predicted molar refractivity (Wildman–Crippen MR) is 130 cm³/mol. The van der Waals surface area contributed by atoms with Gasteiger partial charge in [0, 0.05) is 43.5 Å². The fraction of sp³-hybridized carbons (Fsp3) is 0.538. The van der Waals surface area contributed by atoms with Crippen molar-refractivity contribution in [3.05, 3.63) is 41.9 Å². The van der Waals surface area contributed by atoms with Crippen LogP contribution in [0.1, 0.15) is 51.4 Å². The number of aromatic nitrogens is 4. The van der Waals surface area contributed by atoms with Crippen molar-refractivity contribution in [2.75, 3.05) is 25.1 Å². The van der Waals surface area contributed by atoms with Crippen molar-refractivity contribution >= 4 is 16.7 Å². The standard InChI is InChI=1S/C26H32N6O2/c1-17-13-31(14-18(2)25(17,3)33)23-11-24(30-22(29-23)15-34-4)32-21-10-20(7-6-19(21)12-28-32)26(16-27)8-5-9-26/h6-7,10-12,17-18,33H,5,8-9,13-15H2,1-4H3/t17-,18+,25-. The maximum atomic E-state index is 10.9. The highest BCUT2D eigenvalue weighted by Crippen LogP contribution is 2.44. The Morgan fingerprint density at radius 2 is 1.85 bits per heavy atom. The molecule has 3 aromatic rings. The highest BCUT2D eigenvalue weighted by atomic mass is 16.5. The van der Waals surface area contributed by atoms with E-state index in [1.165, 1.54) is 0 Å². The Kier molecular flexibility index (Phi) is 5.58. The molecule has 1 N–H and O–H groups in total. The lowest BCUT2D eigenvalue weighted by molar-refractivity contribution is -0.0504. The molecule has 0 radical (unpaired) electrons. The highest BCUT2D eigenvalue weighted by molar-refractivity contribution is 5.81. The van der Waals surface area contributed by atoms with Gasteiger partial charge in [-0.25, -0.2) is 14.6 Å². The normalized spacial score (nSPS) is 26.3. The number of nitrogens with zero attached hydrogens (tertiary/aromatic N) is 6. The van der Waals surface area contributed by atoms with Crippen LogP contribution in [0.2, 0.25) is 0 Å². The Bertz CT molecular complexity index is 1240. The van der Waals surface area contributed by atoms with Gasteiger partial charge < -0.3 is 14.7 Å². The van der Waals surface area contributed by atoms with Crippen molar-refractivity contribution in [2.45, 2.75) is 57.7 Å². The average Bonchev–Trinajstić information content (AvgIpc) is 3.21. The monoisotopic (exact) mass is 460 g/mol. The summed E-state index contributed by atoms with van der Waals surface area (Å²) in [7, 11) is 1.63. The van der Waals surface area contributed by atoms with Crippen LogP contribution in [0, 0.1) is 23.2 Å². The molecule has 8 heteroatoms. The lowest BCUT2D eigenvalue weighted by Gasteiger charge is -2.46. The average molecular weight is 461 g/mol. The van der Waals surface area contributed by atoms with Crippen LogP contribution in [-0.4, -0.2) is 50.7 Å². The molecule has 1 aliphatic carbocycles. The minimum Gasteiger partial charge on any atom is -0.389 e. The van der Waals surface area contributed by atoms with Gasteiger partial charge in [0.15, 0.2) is 11.6 Å². The summed E-state index contributed by atoms with van der Waals surface area (Å²) >= 11 is 0. The van der Waals surface area contributed by atoms with E-state index in [9.17, 15) is 10.4 Å². The molecule has 0 unspecified atom stereocenters. The molecule has 8 nitrogen and oxygen atoms in total. The summed E-state index contributed by atoms with van der Waals surface area (Å²) in [5.74, 6) is 2.25. The number of nitriles is 1. The molecule has 1 aromatic carbocycles. The number of benzene rings is 1. The van der Waals surface area contributed by atoms with Crippen LogP contribution in [0.5, 0.6) is 0 Å². The number of fused-ring (bicyclic) bond motifs is 1. The third-order valence-electron chi connectivity index (χ3n) is 8.09. The van der Waals surface area contributed by atoms with Gasteiger partial charge >= 0.3 is 0 Å². The molecular formula is C26H32N6O2. The van der Waals surface area contributed by atoms with E-state index in [0.29, 0.717) is 31.3 Å². The lowest BCUT2D eigenvalue weighted by atomic mass is 9.65. The maximum absolute atomic E-state index is 10.9. The minimum absolute atomic E-state index is 0.0956. The number of rotatable bonds is 5. The number of hydrogen-bond acceptors (Lipinski definition) is 7. The van der Waals surface area contributed by atoms with Crippen molar-refractivity contribution in [1.29, 1.82) is 5.26 Å². The van der Waals surface area contributed by atoms with E-state index in [2.05, 4.69) is 42.0 Å². The van der Waals surface area contributed by atoms with Gasteiger partial charge in [0.2, 0.25) is 0 Å². The topological polar surface area (TPSA) is 100 Å². The second-order valence-electron chi connectivity index (χ2n) is 10.2. The molecule has 1 aliphatic heterocycles. The number of hydrogen-bond donors (Lipinski definition) is 1. The van der Waals surface area contributed by atoms with E-state index in [0.717, 1.165) is 41.5 Å². The smallest absolute Gasteiger partial charge is 0.159 e. The second-order valence-corrected chi connectivity index (χ2v) is 10.2. The summed E-state index contributed by atoms with van der Waals surface area (Å²) in [6, 6.07) is 10.7. The Morgan fingerprint density at radius 1 is 1.15 bits per heavy atom. The number of methoxy groups -OCH3 is 1. The summed E-state index contributed by atoms with van der Waals surface area (Å²) in [5.41, 5.74) is 0.866. The molecule has 0 bridgehead atoms. The van der Waals surface area contributed by atoms with Crippen LogP contribution in [0.25, 0.3) is 16.7 Å². The number of anilines is 1. The molecule has 0 spiro atoms. The van der Waals surface area contributed by atoms with Crippen LogP contribution in [0.3, 0.4) is 0 Å². The van der Waals surface area contributed by atoms with E-state index < -0.39 is 11.0 Å². The summed E-state index contributed by atoms with van der Waals surface area (Å²) in [6.45, 7) is 7.78. The first kappa shape index (κ1) is 22.8. The molecule has 3 atom stereocenters. The molecule has 178 valence electrons. The molecule has 2 aliphatic rings. The van der Waals surface area contributed by atoms with Crippen LogP contribution in [0.4, 0.5) is 5.82 Å². The Morgan fingerprint density at radius 3 is 2.47 bits per heavy atom. The summed E-state index contributed by atoms with van der Waals surface area (Å²) in [5, 5.41) is 26.3. The largest absolute Gasteiger partial charge is 0.389 e. The zero-order chi connectivity index (χ0) is 24.1. The summed E-state index contributed by atoms with van der Waals surface area (Å²) in [6.07, 6.45) is 4.71. The lowest BCUT2D eigenvalue weighted by Crippen LogP contribution is -2.55. The molecule has 1 saturated heterocycles. The minimum atomic E-state index is -0.714. The molecule has 2 aromatic heterocycles. The Hall–Kier alpha value is -3.02. The maximum Gasteiger partial charge on any atom is 0.159 e. The molecular weight excluding hydrogens is 428 g/mol. The van der Waals surface area contributed by atoms with Crippen molar-refractivity contribution in [1.82, 2.24) is 19.7 Å². The zero-order valence-electron chi connectivity index (χ0n) is 20.3. The van der Waals surface area contributed by atoms with E-state index in [-0.39, 0.29) is 11.8 Å². The van der Waals surface area contributed by atoms with E-state index in [4.69, 9.17) is 14.7 Å². The molecule has 5 rings (SSSR count). The van der Waals surface area contributed by atoms with Gasteiger partial charge in [-0.3, -0.25) is 0 Å². The quantitative estimate of drug-likeness (QED) is 0.619.